The maximum absolute atomic E-state index is 2.48. The summed E-state index contributed by atoms with van der Waals surface area (Å²) in [7, 11) is -1.61. The summed E-state index contributed by atoms with van der Waals surface area (Å²) in [5.41, 5.74) is 4.40. The van der Waals surface area contributed by atoms with E-state index in [1.165, 1.54) is 16.4 Å². The molecule has 22 heavy (non-hydrogen) atoms. The minimum Gasteiger partial charge on any atom is -0.0690 e. The molecular weight excluding hydrogens is 279 g/mol. The van der Waals surface area contributed by atoms with Gasteiger partial charge in [0, 0.05) is 0 Å². The standard InChI is InChI=1S/C20H19BSi/c1-22(2)19-14-8-6-12-17(19)21(16-10-4-3-5-11-16)18-13-7-9-15-20(18)22/h3-15H,1-2H3. The van der Waals surface area contributed by atoms with Gasteiger partial charge in [0.1, 0.15) is 8.07 Å². The molecule has 4 rings (SSSR count). The predicted molar refractivity (Wildman–Crippen MR) is 101 cm³/mol. The Balaban J connectivity index is 2.05. The Hall–Kier alpha value is -2.06. The van der Waals surface area contributed by atoms with Crippen molar-refractivity contribution in [2.75, 3.05) is 0 Å². The van der Waals surface area contributed by atoms with Gasteiger partial charge in [0.25, 0.3) is 0 Å². The number of fused-ring (bicyclic) bond motifs is 2. The summed E-state index contributed by atoms with van der Waals surface area (Å²) in [6, 6.07) is 29.1. The number of hydrogen-bond acceptors (Lipinski definition) is 0. The summed E-state index contributed by atoms with van der Waals surface area (Å²) in [5.74, 6) is 0. The maximum Gasteiger partial charge on any atom is 0.240 e. The molecule has 0 bridgehead atoms. The summed E-state index contributed by atoms with van der Waals surface area (Å²) < 4.78 is 0. The molecule has 0 aliphatic carbocycles. The van der Waals surface area contributed by atoms with E-state index in [0.29, 0.717) is 6.71 Å². The number of rotatable bonds is 1. The fourth-order valence-corrected chi connectivity index (χ4v) is 7.17. The molecule has 0 spiro atoms. The fourth-order valence-electron chi connectivity index (χ4n) is 3.95. The van der Waals surface area contributed by atoms with E-state index in [-0.39, 0.29) is 0 Å². The average molecular weight is 298 g/mol. The van der Waals surface area contributed by atoms with Crippen LogP contribution in [0.5, 0.6) is 0 Å². The van der Waals surface area contributed by atoms with Crippen LogP contribution in [0.15, 0.2) is 78.9 Å². The molecule has 106 valence electrons. The third kappa shape index (κ3) is 1.91. The molecule has 3 aromatic rings. The Morgan fingerprint density at radius 2 is 1.05 bits per heavy atom. The SMILES string of the molecule is C[Si]1(C)c2ccccc2B(c2ccccc2)c2ccccc21. The normalized spacial score (nSPS) is 15.1. The smallest absolute Gasteiger partial charge is 0.0690 e. The Bertz CT molecular complexity index is 774. The van der Waals surface area contributed by atoms with E-state index in [9.17, 15) is 0 Å². The molecule has 0 unspecified atom stereocenters. The van der Waals surface area contributed by atoms with Gasteiger partial charge >= 0.3 is 0 Å². The molecule has 1 heterocycles. The van der Waals surface area contributed by atoms with Crippen LogP contribution in [-0.2, 0) is 0 Å². The lowest BCUT2D eigenvalue weighted by Gasteiger charge is -2.37. The quantitative estimate of drug-likeness (QED) is 0.595. The molecule has 0 radical (unpaired) electrons. The van der Waals surface area contributed by atoms with Crippen molar-refractivity contribution in [1.82, 2.24) is 0 Å². The zero-order valence-electron chi connectivity index (χ0n) is 13.1. The van der Waals surface area contributed by atoms with Crippen LogP contribution in [0.25, 0.3) is 0 Å². The zero-order chi connectivity index (χ0) is 15.2. The third-order valence-corrected chi connectivity index (χ3v) is 8.63. The lowest BCUT2D eigenvalue weighted by Crippen LogP contribution is -2.76. The van der Waals surface area contributed by atoms with Gasteiger partial charge in [-0.3, -0.25) is 0 Å². The molecule has 0 saturated heterocycles. The fraction of sp³-hybridized carbons (Fsp3) is 0.100. The van der Waals surface area contributed by atoms with Crippen LogP contribution in [0.4, 0.5) is 0 Å². The van der Waals surface area contributed by atoms with Crippen LogP contribution in [0.1, 0.15) is 0 Å². The van der Waals surface area contributed by atoms with Gasteiger partial charge in [-0.1, -0.05) is 119 Å². The van der Waals surface area contributed by atoms with E-state index < -0.39 is 8.07 Å². The van der Waals surface area contributed by atoms with Crippen molar-refractivity contribution in [2.24, 2.45) is 0 Å². The highest BCUT2D eigenvalue weighted by atomic mass is 28.3. The molecular formula is C20H19BSi. The Kier molecular flexibility index (Phi) is 3.09. The lowest BCUT2D eigenvalue weighted by molar-refractivity contribution is 1.67. The van der Waals surface area contributed by atoms with Gasteiger partial charge in [-0.2, -0.15) is 0 Å². The van der Waals surface area contributed by atoms with Crippen LogP contribution in [0.3, 0.4) is 0 Å². The van der Waals surface area contributed by atoms with E-state index in [4.69, 9.17) is 0 Å². The largest absolute Gasteiger partial charge is 0.240 e. The van der Waals surface area contributed by atoms with Crippen LogP contribution in [-0.4, -0.2) is 14.8 Å². The molecule has 0 amide bonds. The second-order valence-electron chi connectivity index (χ2n) is 6.64. The first-order valence-corrected chi connectivity index (χ1v) is 10.9. The monoisotopic (exact) mass is 298 g/mol. The van der Waals surface area contributed by atoms with Gasteiger partial charge in [-0.05, 0) is 0 Å². The van der Waals surface area contributed by atoms with Gasteiger partial charge < -0.3 is 0 Å². The maximum atomic E-state index is 2.48. The second-order valence-corrected chi connectivity index (χ2v) is 11.0. The van der Waals surface area contributed by atoms with E-state index in [1.807, 2.05) is 0 Å². The highest BCUT2D eigenvalue weighted by molar-refractivity contribution is 7.13. The van der Waals surface area contributed by atoms with Gasteiger partial charge in [0.15, 0.2) is 0 Å². The van der Waals surface area contributed by atoms with Crippen LogP contribution in [0.2, 0.25) is 13.1 Å². The molecule has 0 nitrogen and oxygen atoms in total. The average Bonchev–Trinajstić information content (AvgIpc) is 2.56. The number of benzene rings is 3. The van der Waals surface area contributed by atoms with Crippen molar-refractivity contribution in [1.29, 1.82) is 0 Å². The Morgan fingerprint density at radius 3 is 1.59 bits per heavy atom. The van der Waals surface area contributed by atoms with Crippen LogP contribution < -0.4 is 26.8 Å². The van der Waals surface area contributed by atoms with Crippen molar-refractivity contribution >= 4 is 41.5 Å². The Labute approximate surface area is 133 Å². The predicted octanol–water partition coefficient (Wildman–Crippen LogP) is 1.34. The lowest BCUT2D eigenvalue weighted by atomic mass is 9.36. The van der Waals surface area contributed by atoms with Crippen LogP contribution in [0, 0.1) is 0 Å². The zero-order valence-corrected chi connectivity index (χ0v) is 14.1. The van der Waals surface area contributed by atoms with E-state index in [1.54, 1.807) is 10.4 Å². The molecule has 3 aromatic carbocycles. The summed E-state index contributed by atoms with van der Waals surface area (Å²) in [5, 5.41) is 3.17. The van der Waals surface area contributed by atoms with Gasteiger partial charge in [-0.15, -0.1) is 0 Å². The highest BCUT2D eigenvalue weighted by Gasteiger charge is 2.40. The number of hydrogen-bond donors (Lipinski definition) is 0. The summed E-state index contributed by atoms with van der Waals surface area (Å²) in [6.45, 7) is 5.33. The Morgan fingerprint density at radius 1 is 0.591 bits per heavy atom. The van der Waals surface area contributed by atoms with Crippen molar-refractivity contribution in [3.63, 3.8) is 0 Å². The van der Waals surface area contributed by atoms with Gasteiger partial charge in [-0.25, -0.2) is 0 Å². The van der Waals surface area contributed by atoms with E-state index in [2.05, 4.69) is 92.0 Å². The minimum atomic E-state index is -1.61. The topological polar surface area (TPSA) is 0 Å². The molecule has 0 saturated carbocycles. The highest BCUT2D eigenvalue weighted by Crippen LogP contribution is 2.09. The molecule has 2 heteroatoms. The molecule has 0 N–H and O–H groups in total. The van der Waals surface area contributed by atoms with Gasteiger partial charge in [0.05, 0.1) is 0 Å². The van der Waals surface area contributed by atoms with Crippen molar-refractivity contribution in [2.45, 2.75) is 13.1 Å². The van der Waals surface area contributed by atoms with Crippen molar-refractivity contribution in [3.05, 3.63) is 78.9 Å². The van der Waals surface area contributed by atoms with E-state index >= 15 is 0 Å². The van der Waals surface area contributed by atoms with Crippen molar-refractivity contribution < 1.29 is 0 Å². The van der Waals surface area contributed by atoms with Crippen molar-refractivity contribution in [3.8, 4) is 0 Å². The first kappa shape index (κ1) is 13.6. The molecule has 0 atom stereocenters. The first-order valence-electron chi connectivity index (χ1n) is 7.93. The summed E-state index contributed by atoms with van der Waals surface area (Å²) in [4.78, 5) is 0. The summed E-state index contributed by atoms with van der Waals surface area (Å²) in [6.07, 6.45) is 0. The summed E-state index contributed by atoms with van der Waals surface area (Å²) >= 11 is 0. The third-order valence-electron chi connectivity index (χ3n) is 5.02. The van der Waals surface area contributed by atoms with Crippen LogP contribution >= 0.6 is 0 Å². The van der Waals surface area contributed by atoms with E-state index in [0.717, 1.165) is 0 Å². The molecule has 0 fully saturated rings. The molecule has 1 aliphatic rings. The first-order chi connectivity index (χ1) is 10.7. The second kappa shape index (κ2) is 4.99. The minimum absolute atomic E-state index is 0.370. The molecule has 1 aliphatic heterocycles. The molecule has 0 aromatic heterocycles. The van der Waals surface area contributed by atoms with Gasteiger partial charge in [0.2, 0.25) is 6.71 Å².